The molecule has 2 rings (SSSR count). The Hall–Kier alpha value is -2.88. The molecular weight excluding hydrogens is 385 g/mol. The Morgan fingerprint density at radius 1 is 1.07 bits per heavy atom. The summed E-state index contributed by atoms with van der Waals surface area (Å²) in [7, 11) is 0. The van der Waals surface area contributed by atoms with E-state index in [0.717, 1.165) is 24.3 Å². The van der Waals surface area contributed by atoms with Gasteiger partial charge in [0.15, 0.2) is 6.61 Å². The van der Waals surface area contributed by atoms with E-state index < -0.39 is 30.2 Å². The molecule has 0 atom stereocenters. The second-order valence-corrected chi connectivity index (χ2v) is 6.08. The van der Waals surface area contributed by atoms with Crippen molar-refractivity contribution in [2.75, 3.05) is 18.5 Å². The molecule has 0 saturated heterocycles. The molecule has 2 N–H and O–H groups in total. The lowest BCUT2D eigenvalue weighted by atomic mass is 10.2. The van der Waals surface area contributed by atoms with Crippen LogP contribution < -0.4 is 10.6 Å². The minimum absolute atomic E-state index is 0.0496. The maximum absolute atomic E-state index is 12.5. The highest BCUT2D eigenvalue weighted by Crippen LogP contribution is 2.29. The van der Waals surface area contributed by atoms with E-state index in [2.05, 4.69) is 10.6 Å². The largest absolute Gasteiger partial charge is 0.456 e. The van der Waals surface area contributed by atoms with Gasteiger partial charge in [-0.05, 0) is 35.7 Å². The summed E-state index contributed by atoms with van der Waals surface area (Å²) >= 11 is 1.37. The minimum Gasteiger partial charge on any atom is -0.456 e. The first-order valence-electron chi connectivity index (χ1n) is 7.69. The van der Waals surface area contributed by atoms with Gasteiger partial charge in [0.1, 0.15) is 0 Å². The lowest BCUT2D eigenvalue weighted by Crippen LogP contribution is -2.27. The van der Waals surface area contributed by atoms with E-state index >= 15 is 0 Å². The zero-order valence-corrected chi connectivity index (χ0v) is 14.7. The summed E-state index contributed by atoms with van der Waals surface area (Å²) in [6.07, 6.45) is -4.58. The Balaban J connectivity index is 1.67. The molecule has 2 amide bonds. The van der Waals surface area contributed by atoms with Crippen molar-refractivity contribution in [2.24, 2.45) is 0 Å². The van der Waals surface area contributed by atoms with Crippen LogP contribution in [0.3, 0.4) is 0 Å². The molecule has 0 bridgehead atoms. The quantitative estimate of drug-likeness (QED) is 0.700. The number of ether oxygens (including phenoxy) is 1. The minimum atomic E-state index is -4.46. The molecule has 144 valence electrons. The number of hydrogen-bond acceptors (Lipinski definition) is 5. The Morgan fingerprint density at radius 3 is 2.37 bits per heavy atom. The van der Waals surface area contributed by atoms with Crippen LogP contribution in [0.1, 0.15) is 22.3 Å². The smallest absolute Gasteiger partial charge is 0.416 e. The van der Waals surface area contributed by atoms with Crippen LogP contribution in [0.25, 0.3) is 0 Å². The Labute approximate surface area is 156 Å². The average Bonchev–Trinajstić information content (AvgIpc) is 3.14. The van der Waals surface area contributed by atoms with Gasteiger partial charge in [0.2, 0.25) is 0 Å². The fourth-order valence-corrected chi connectivity index (χ4v) is 2.57. The SMILES string of the molecule is O=C(COC(=O)CCNC(=O)c1ccsc1)Nc1ccc(C(F)(F)F)cc1. The Morgan fingerprint density at radius 2 is 1.78 bits per heavy atom. The number of carbonyl (C=O) groups is 3. The second-order valence-electron chi connectivity index (χ2n) is 5.30. The van der Waals surface area contributed by atoms with Crippen LogP contribution in [-0.4, -0.2) is 30.9 Å². The number of nitrogens with one attached hydrogen (secondary N) is 2. The van der Waals surface area contributed by atoms with Crippen LogP contribution in [0.15, 0.2) is 41.1 Å². The first-order chi connectivity index (χ1) is 12.8. The zero-order chi connectivity index (χ0) is 19.9. The standard InChI is InChI=1S/C17H15F3N2O4S/c18-17(19,20)12-1-3-13(4-2-12)22-14(23)9-26-15(24)5-7-21-16(25)11-6-8-27-10-11/h1-4,6,8,10H,5,7,9H2,(H,21,25)(H,22,23). The van der Waals surface area contributed by atoms with E-state index in [1.165, 1.54) is 11.3 Å². The maximum atomic E-state index is 12.5. The van der Waals surface area contributed by atoms with E-state index in [-0.39, 0.29) is 24.6 Å². The van der Waals surface area contributed by atoms with Gasteiger partial charge < -0.3 is 15.4 Å². The number of thiophene rings is 1. The number of alkyl halides is 3. The number of halogens is 3. The highest BCUT2D eigenvalue weighted by atomic mass is 32.1. The van der Waals surface area contributed by atoms with Gasteiger partial charge in [-0.1, -0.05) is 0 Å². The third kappa shape index (κ3) is 6.74. The van der Waals surface area contributed by atoms with Crippen molar-refractivity contribution >= 4 is 34.8 Å². The molecule has 0 fully saturated rings. The number of esters is 1. The number of benzene rings is 1. The van der Waals surface area contributed by atoms with E-state index in [9.17, 15) is 27.6 Å². The van der Waals surface area contributed by atoms with E-state index in [1.807, 2.05) is 0 Å². The van der Waals surface area contributed by atoms with Crippen LogP contribution in [0.4, 0.5) is 18.9 Å². The summed E-state index contributed by atoms with van der Waals surface area (Å²) in [6, 6.07) is 5.50. The topological polar surface area (TPSA) is 84.5 Å². The van der Waals surface area contributed by atoms with Crippen molar-refractivity contribution in [3.05, 3.63) is 52.2 Å². The van der Waals surface area contributed by atoms with Gasteiger partial charge in [-0.25, -0.2) is 0 Å². The lowest BCUT2D eigenvalue weighted by molar-refractivity contribution is -0.147. The molecule has 0 spiro atoms. The number of hydrogen-bond donors (Lipinski definition) is 2. The molecule has 0 aliphatic heterocycles. The molecule has 10 heteroatoms. The summed E-state index contributed by atoms with van der Waals surface area (Å²) in [5, 5.41) is 8.27. The van der Waals surface area contributed by atoms with E-state index in [1.54, 1.807) is 16.8 Å². The molecule has 0 saturated carbocycles. The average molecular weight is 400 g/mol. The molecule has 2 aromatic rings. The Bertz CT molecular complexity index is 790. The molecule has 27 heavy (non-hydrogen) atoms. The molecule has 1 aromatic heterocycles. The molecular formula is C17H15F3N2O4S. The summed E-state index contributed by atoms with van der Waals surface area (Å²) in [6.45, 7) is -0.535. The summed E-state index contributed by atoms with van der Waals surface area (Å²) < 4.78 is 42.1. The number of anilines is 1. The van der Waals surface area contributed by atoms with Crippen LogP contribution in [-0.2, 0) is 20.5 Å². The third-order valence-electron chi connectivity index (χ3n) is 3.26. The highest BCUT2D eigenvalue weighted by Gasteiger charge is 2.29. The van der Waals surface area contributed by atoms with Gasteiger partial charge in [-0.3, -0.25) is 14.4 Å². The summed E-state index contributed by atoms with van der Waals surface area (Å²) in [5.41, 5.74) is -0.201. The van der Waals surface area contributed by atoms with Crippen LogP contribution >= 0.6 is 11.3 Å². The van der Waals surface area contributed by atoms with Crippen molar-refractivity contribution in [3.8, 4) is 0 Å². The molecule has 0 unspecified atom stereocenters. The monoisotopic (exact) mass is 400 g/mol. The van der Waals surface area contributed by atoms with Crippen molar-refractivity contribution in [3.63, 3.8) is 0 Å². The molecule has 1 heterocycles. The molecule has 6 nitrogen and oxygen atoms in total. The van der Waals surface area contributed by atoms with Gasteiger partial charge in [-0.15, -0.1) is 0 Å². The normalized spacial score (nSPS) is 10.9. The fraction of sp³-hybridized carbons (Fsp3) is 0.235. The van der Waals surface area contributed by atoms with E-state index in [0.29, 0.717) is 5.56 Å². The predicted molar refractivity (Wildman–Crippen MR) is 92.3 cm³/mol. The second kappa shape index (κ2) is 9.17. The lowest BCUT2D eigenvalue weighted by Gasteiger charge is -2.09. The van der Waals surface area contributed by atoms with Crippen LogP contribution in [0, 0.1) is 0 Å². The van der Waals surface area contributed by atoms with Gasteiger partial charge in [-0.2, -0.15) is 24.5 Å². The number of amides is 2. The van der Waals surface area contributed by atoms with Crippen molar-refractivity contribution < 1.29 is 32.3 Å². The van der Waals surface area contributed by atoms with Gasteiger partial charge in [0.25, 0.3) is 11.8 Å². The van der Waals surface area contributed by atoms with Gasteiger partial charge in [0.05, 0.1) is 12.0 Å². The number of rotatable bonds is 7. The van der Waals surface area contributed by atoms with Gasteiger partial charge >= 0.3 is 12.1 Å². The fourth-order valence-electron chi connectivity index (χ4n) is 1.93. The zero-order valence-electron chi connectivity index (χ0n) is 13.8. The maximum Gasteiger partial charge on any atom is 0.416 e. The summed E-state index contributed by atoms with van der Waals surface area (Å²) in [4.78, 5) is 34.9. The van der Waals surface area contributed by atoms with Gasteiger partial charge in [0, 0.05) is 23.2 Å². The first kappa shape index (κ1) is 20.4. The molecule has 0 aliphatic carbocycles. The molecule has 0 aliphatic rings. The van der Waals surface area contributed by atoms with E-state index in [4.69, 9.17) is 4.74 Å². The highest BCUT2D eigenvalue weighted by molar-refractivity contribution is 7.08. The van der Waals surface area contributed by atoms with Crippen LogP contribution in [0.5, 0.6) is 0 Å². The van der Waals surface area contributed by atoms with Crippen LogP contribution in [0.2, 0.25) is 0 Å². The number of carbonyl (C=O) groups excluding carboxylic acids is 3. The predicted octanol–water partition coefficient (Wildman–Crippen LogP) is 3.07. The summed E-state index contributed by atoms with van der Waals surface area (Å²) in [5.74, 6) is -1.70. The van der Waals surface area contributed by atoms with Crippen molar-refractivity contribution in [1.29, 1.82) is 0 Å². The molecule has 1 aromatic carbocycles. The van der Waals surface area contributed by atoms with Crippen molar-refractivity contribution in [2.45, 2.75) is 12.6 Å². The Kier molecular flexibility index (Phi) is 6.94. The first-order valence-corrected chi connectivity index (χ1v) is 8.63. The third-order valence-corrected chi connectivity index (χ3v) is 3.94. The molecule has 0 radical (unpaired) electrons. The van der Waals surface area contributed by atoms with Crippen molar-refractivity contribution in [1.82, 2.24) is 5.32 Å².